The number of aromatic nitrogens is 3. The number of benzene rings is 1. The maximum atomic E-state index is 9.61. The van der Waals surface area contributed by atoms with Crippen LogP contribution >= 0.6 is 0 Å². The Kier molecular flexibility index (Phi) is 3.60. The first kappa shape index (κ1) is 15.1. The van der Waals surface area contributed by atoms with Crippen LogP contribution in [0.3, 0.4) is 0 Å². The van der Waals surface area contributed by atoms with Gasteiger partial charge >= 0.3 is 0 Å². The molecular formula is C20H23N5. The molecule has 25 heavy (non-hydrogen) atoms. The van der Waals surface area contributed by atoms with Gasteiger partial charge in [-0.15, -0.1) is 10.2 Å². The zero-order chi connectivity index (χ0) is 16.8. The van der Waals surface area contributed by atoms with Crippen LogP contribution in [0.4, 0.5) is 0 Å². The zero-order valence-corrected chi connectivity index (χ0v) is 14.4. The molecule has 0 amide bonds. The molecule has 5 nitrogen and oxygen atoms in total. The fourth-order valence-electron chi connectivity index (χ4n) is 4.18. The van der Waals surface area contributed by atoms with Crippen molar-refractivity contribution in [1.82, 2.24) is 19.7 Å². The minimum Gasteiger partial charge on any atom is -0.311 e. The summed E-state index contributed by atoms with van der Waals surface area (Å²) in [6.07, 6.45) is 5.05. The van der Waals surface area contributed by atoms with E-state index in [4.69, 9.17) is 0 Å². The van der Waals surface area contributed by atoms with Gasteiger partial charge in [0.2, 0.25) is 0 Å². The lowest BCUT2D eigenvalue weighted by Crippen LogP contribution is -2.23. The molecule has 2 heterocycles. The summed E-state index contributed by atoms with van der Waals surface area (Å²) in [6, 6.07) is 13.6. The van der Waals surface area contributed by atoms with Gasteiger partial charge in [-0.3, -0.25) is 4.90 Å². The van der Waals surface area contributed by atoms with Crippen molar-refractivity contribution in [3.63, 3.8) is 0 Å². The van der Waals surface area contributed by atoms with Crippen molar-refractivity contribution < 1.29 is 0 Å². The standard InChI is InChI=1S/C20H23N5/c21-10-16-11-24(12-18(16)14-4-2-1-3-5-14)13-19-22-23-20(15-6-7-15)25(19)17-8-9-17/h1-5,15-18H,6-9,11-13H2/t16-,18+/m1/s1. The molecule has 2 aromatic rings. The van der Waals surface area contributed by atoms with E-state index in [2.05, 4.69) is 50.0 Å². The van der Waals surface area contributed by atoms with Gasteiger partial charge in [0.05, 0.1) is 18.5 Å². The Hall–Kier alpha value is -2.19. The third kappa shape index (κ3) is 2.85. The maximum Gasteiger partial charge on any atom is 0.147 e. The van der Waals surface area contributed by atoms with Gasteiger partial charge in [-0.1, -0.05) is 30.3 Å². The van der Waals surface area contributed by atoms with Crippen molar-refractivity contribution in [2.45, 2.75) is 50.1 Å². The summed E-state index contributed by atoms with van der Waals surface area (Å²) in [5, 5.41) is 18.7. The summed E-state index contributed by atoms with van der Waals surface area (Å²) in [5.74, 6) is 3.32. The van der Waals surface area contributed by atoms with Crippen LogP contribution in [0.1, 0.15) is 60.8 Å². The number of hydrogen-bond donors (Lipinski definition) is 0. The molecule has 0 spiro atoms. The Morgan fingerprint density at radius 1 is 1.04 bits per heavy atom. The minimum atomic E-state index is 0.0580. The Labute approximate surface area is 148 Å². The van der Waals surface area contributed by atoms with Gasteiger partial charge in [0, 0.05) is 31.0 Å². The SMILES string of the molecule is N#C[C@@H]1CN(Cc2nnc(C3CC3)n2C2CC2)C[C@H]1c1ccccc1. The van der Waals surface area contributed by atoms with Crippen molar-refractivity contribution in [2.24, 2.45) is 5.92 Å². The Balaban J connectivity index is 1.36. The molecule has 3 fully saturated rings. The highest BCUT2D eigenvalue weighted by molar-refractivity contribution is 5.25. The van der Waals surface area contributed by atoms with Crippen LogP contribution in [0.2, 0.25) is 0 Å². The Bertz CT molecular complexity index is 797. The fourth-order valence-corrected chi connectivity index (χ4v) is 4.18. The smallest absolute Gasteiger partial charge is 0.147 e. The monoisotopic (exact) mass is 333 g/mol. The fraction of sp³-hybridized carbons (Fsp3) is 0.550. The highest BCUT2D eigenvalue weighted by Crippen LogP contribution is 2.45. The first-order chi connectivity index (χ1) is 12.3. The van der Waals surface area contributed by atoms with Crippen molar-refractivity contribution in [1.29, 1.82) is 5.26 Å². The van der Waals surface area contributed by atoms with E-state index in [9.17, 15) is 5.26 Å². The van der Waals surface area contributed by atoms with Crippen molar-refractivity contribution >= 4 is 0 Å². The lowest BCUT2D eigenvalue weighted by Gasteiger charge is -2.17. The molecular weight excluding hydrogens is 310 g/mol. The molecule has 1 aromatic heterocycles. The predicted molar refractivity (Wildman–Crippen MR) is 93.8 cm³/mol. The molecule has 1 aromatic carbocycles. The first-order valence-corrected chi connectivity index (χ1v) is 9.44. The van der Waals surface area contributed by atoms with E-state index in [0.717, 1.165) is 25.5 Å². The van der Waals surface area contributed by atoms with Crippen LogP contribution in [0.15, 0.2) is 30.3 Å². The van der Waals surface area contributed by atoms with Crippen LogP contribution in [0, 0.1) is 17.2 Å². The van der Waals surface area contributed by atoms with Gasteiger partial charge in [-0.2, -0.15) is 5.26 Å². The number of nitriles is 1. The maximum absolute atomic E-state index is 9.61. The van der Waals surface area contributed by atoms with E-state index in [1.54, 1.807) is 0 Å². The van der Waals surface area contributed by atoms with E-state index in [1.165, 1.54) is 37.1 Å². The summed E-state index contributed by atoms with van der Waals surface area (Å²) < 4.78 is 2.43. The largest absolute Gasteiger partial charge is 0.311 e. The summed E-state index contributed by atoms with van der Waals surface area (Å²) >= 11 is 0. The molecule has 1 saturated heterocycles. The van der Waals surface area contributed by atoms with Gasteiger partial charge in [0.25, 0.3) is 0 Å². The summed E-state index contributed by atoms with van der Waals surface area (Å²) in [4.78, 5) is 2.39. The molecule has 5 heteroatoms. The molecule has 2 aliphatic carbocycles. The predicted octanol–water partition coefficient (Wildman–Crippen LogP) is 3.23. The molecule has 0 bridgehead atoms. The second-order valence-electron chi connectivity index (χ2n) is 7.80. The lowest BCUT2D eigenvalue weighted by atomic mass is 9.90. The van der Waals surface area contributed by atoms with Gasteiger partial charge in [0.1, 0.15) is 11.6 Å². The number of hydrogen-bond acceptors (Lipinski definition) is 4. The zero-order valence-electron chi connectivity index (χ0n) is 14.4. The average Bonchev–Trinajstić information content (AvgIpc) is 3.58. The molecule has 0 N–H and O–H groups in total. The van der Waals surface area contributed by atoms with E-state index in [-0.39, 0.29) is 5.92 Å². The second kappa shape index (κ2) is 5.96. The van der Waals surface area contributed by atoms with E-state index in [0.29, 0.717) is 17.9 Å². The third-order valence-electron chi connectivity index (χ3n) is 5.80. The van der Waals surface area contributed by atoms with Gasteiger partial charge in [-0.25, -0.2) is 0 Å². The number of rotatable bonds is 5. The summed E-state index contributed by atoms with van der Waals surface area (Å²) in [5.41, 5.74) is 1.28. The number of likely N-dealkylation sites (tertiary alicyclic amines) is 1. The molecule has 2 atom stereocenters. The van der Waals surface area contributed by atoms with E-state index in [1.807, 2.05) is 6.07 Å². The minimum absolute atomic E-state index is 0.0580. The first-order valence-electron chi connectivity index (χ1n) is 9.44. The molecule has 0 unspecified atom stereocenters. The second-order valence-corrected chi connectivity index (χ2v) is 7.80. The van der Waals surface area contributed by atoms with Crippen LogP contribution < -0.4 is 0 Å². The summed E-state index contributed by atoms with van der Waals surface area (Å²) in [7, 11) is 0. The molecule has 128 valence electrons. The summed E-state index contributed by atoms with van der Waals surface area (Å²) in [6.45, 7) is 2.57. The Morgan fingerprint density at radius 2 is 1.84 bits per heavy atom. The van der Waals surface area contributed by atoms with E-state index < -0.39 is 0 Å². The topological polar surface area (TPSA) is 57.7 Å². The quantitative estimate of drug-likeness (QED) is 0.843. The van der Waals surface area contributed by atoms with E-state index >= 15 is 0 Å². The van der Waals surface area contributed by atoms with Crippen molar-refractivity contribution in [3.05, 3.63) is 47.5 Å². The normalized spacial score (nSPS) is 26.7. The highest BCUT2D eigenvalue weighted by atomic mass is 15.3. The average molecular weight is 333 g/mol. The van der Waals surface area contributed by atoms with Crippen LogP contribution in [-0.4, -0.2) is 32.8 Å². The molecule has 0 radical (unpaired) electrons. The van der Waals surface area contributed by atoms with Crippen molar-refractivity contribution in [2.75, 3.05) is 13.1 Å². The molecule has 1 aliphatic heterocycles. The lowest BCUT2D eigenvalue weighted by molar-refractivity contribution is 0.307. The van der Waals surface area contributed by atoms with Gasteiger partial charge < -0.3 is 4.57 Å². The molecule has 5 rings (SSSR count). The van der Waals surface area contributed by atoms with Crippen LogP contribution in [0.25, 0.3) is 0 Å². The third-order valence-corrected chi connectivity index (χ3v) is 5.80. The van der Waals surface area contributed by atoms with Crippen LogP contribution in [-0.2, 0) is 6.54 Å². The Morgan fingerprint density at radius 3 is 2.52 bits per heavy atom. The molecule has 2 saturated carbocycles. The highest BCUT2D eigenvalue weighted by Gasteiger charge is 2.38. The number of nitrogens with zero attached hydrogens (tertiary/aromatic N) is 5. The van der Waals surface area contributed by atoms with Crippen molar-refractivity contribution in [3.8, 4) is 6.07 Å². The van der Waals surface area contributed by atoms with Crippen LogP contribution in [0.5, 0.6) is 0 Å². The van der Waals surface area contributed by atoms with Gasteiger partial charge in [0.15, 0.2) is 0 Å². The molecule has 3 aliphatic rings. The van der Waals surface area contributed by atoms with Gasteiger partial charge in [-0.05, 0) is 31.2 Å².